The standard InChI is InChI=1S/C5H7N3OS2/c1-3(9)6-2-4-7-8-5(10)11-4/h2H2,1H3,(H,6,9)(H,8,10). The van der Waals surface area contributed by atoms with Gasteiger partial charge in [-0.3, -0.25) is 4.79 Å². The molecule has 1 amide bonds. The summed E-state index contributed by atoms with van der Waals surface area (Å²) >= 11 is 5.34. The van der Waals surface area contributed by atoms with Crippen LogP contribution in [0.15, 0.2) is 4.34 Å². The number of carbonyl (C=O) groups excluding carboxylic acids is 1. The third-order valence-electron chi connectivity index (χ3n) is 0.945. The van der Waals surface area contributed by atoms with Crippen molar-refractivity contribution in [2.45, 2.75) is 17.8 Å². The van der Waals surface area contributed by atoms with Crippen LogP contribution in [0.3, 0.4) is 0 Å². The molecule has 60 valence electrons. The van der Waals surface area contributed by atoms with Crippen molar-refractivity contribution >= 4 is 29.9 Å². The van der Waals surface area contributed by atoms with Crippen LogP contribution in [-0.2, 0) is 11.3 Å². The van der Waals surface area contributed by atoms with Crippen LogP contribution in [0.1, 0.15) is 11.9 Å². The molecule has 4 nitrogen and oxygen atoms in total. The largest absolute Gasteiger partial charge is 0.350 e. The van der Waals surface area contributed by atoms with Gasteiger partial charge in [0, 0.05) is 6.92 Å². The van der Waals surface area contributed by atoms with E-state index in [1.807, 2.05) is 0 Å². The second kappa shape index (κ2) is 3.68. The molecule has 0 unspecified atom stereocenters. The summed E-state index contributed by atoms with van der Waals surface area (Å²) < 4.78 is 0.616. The predicted octanol–water partition coefficient (Wildman–Crippen LogP) is 0.463. The summed E-state index contributed by atoms with van der Waals surface area (Å²) in [6, 6.07) is 0. The van der Waals surface area contributed by atoms with Crippen LogP contribution in [0.5, 0.6) is 0 Å². The Morgan fingerprint density at radius 3 is 2.91 bits per heavy atom. The Labute approximate surface area is 73.4 Å². The molecular formula is C5H7N3OS2. The van der Waals surface area contributed by atoms with Gasteiger partial charge >= 0.3 is 0 Å². The van der Waals surface area contributed by atoms with E-state index in [9.17, 15) is 4.79 Å². The van der Waals surface area contributed by atoms with Crippen molar-refractivity contribution in [1.82, 2.24) is 15.5 Å². The van der Waals surface area contributed by atoms with E-state index in [1.54, 1.807) is 0 Å². The monoisotopic (exact) mass is 189 g/mol. The zero-order chi connectivity index (χ0) is 8.27. The van der Waals surface area contributed by atoms with Gasteiger partial charge in [0.2, 0.25) is 5.91 Å². The Kier molecular flexibility index (Phi) is 2.84. The lowest BCUT2D eigenvalue weighted by atomic mass is 10.6. The number of rotatable bonds is 2. The molecule has 0 radical (unpaired) electrons. The Morgan fingerprint density at radius 2 is 2.45 bits per heavy atom. The van der Waals surface area contributed by atoms with Crippen molar-refractivity contribution in [2.75, 3.05) is 0 Å². The van der Waals surface area contributed by atoms with E-state index in [0.717, 1.165) is 5.01 Å². The van der Waals surface area contributed by atoms with Gasteiger partial charge in [0.05, 0.1) is 6.54 Å². The van der Waals surface area contributed by atoms with Crippen LogP contribution in [-0.4, -0.2) is 16.1 Å². The minimum atomic E-state index is -0.0686. The van der Waals surface area contributed by atoms with Gasteiger partial charge in [-0.2, -0.15) is 0 Å². The minimum absolute atomic E-state index is 0.0686. The van der Waals surface area contributed by atoms with Gasteiger partial charge in [0.1, 0.15) is 5.01 Å². The first-order chi connectivity index (χ1) is 5.18. The Morgan fingerprint density at radius 1 is 1.73 bits per heavy atom. The number of nitrogens with one attached hydrogen (secondary N) is 1. The lowest BCUT2D eigenvalue weighted by Crippen LogP contribution is -2.18. The number of carbonyl (C=O) groups is 1. The third-order valence-corrected chi connectivity index (χ3v) is 2.03. The van der Waals surface area contributed by atoms with Crippen LogP contribution in [0.2, 0.25) is 0 Å². The molecule has 0 saturated carbocycles. The zero-order valence-electron chi connectivity index (χ0n) is 5.87. The van der Waals surface area contributed by atoms with Gasteiger partial charge in [-0.05, 0) is 0 Å². The van der Waals surface area contributed by atoms with Crippen LogP contribution >= 0.6 is 24.0 Å². The molecule has 0 aromatic carbocycles. The highest BCUT2D eigenvalue weighted by Crippen LogP contribution is 2.12. The molecule has 0 aliphatic rings. The SMILES string of the molecule is CC(=O)NCc1nnc(S)s1. The number of hydrogen-bond donors (Lipinski definition) is 2. The molecule has 0 atom stereocenters. The van der Waals surface area contributed by atoms with Crippen molar-refractivity contribution < 1.29 is 4.79 Å². The molecule has 1 rings (SSSR count). The molecule has 0 bridgehead atoms. The van der Waals surface area contributed by atoms with Gasteiger partial charge in [0.25, 0.3) is 0 Å². The maximum Gasteiger partial charge on any atom is 0.217 e. The second-order valence-electron chi connectivity index (χ2n) is 1.89. The summed E-state index contributed by atoms with van der Waals surface area (Å²) in [6.45, 7) is 1.90. The van der Waals surface area contributed by atoms with Crippen molar-refractivity contribution in [3.05, 3.63) is 5.01 Å². The average Bonchev–Trinajstić information content (AvgIpc) is 2.31. The topological polar surface area (TPSA) is 54.9 Å². The maximum atomic E-state index is 10.5. The number of amides is 1. The number of aromatic nitrogens is 2. The van der Waals surface area contributed by atoms with E-state index >= 15 is 0 Å². The Bertz CT molecular complexity index is 260. The van der Waals surface area contributed by atoms with Crippen molar-refractivity contribution in [1.29, 1.82) is 0 Å². The van der Waals surface area contributed by atoms with Crippen molar-refractivity contribution in [2.24, 2.45) is 0 Å². The van der Waals surface area contributed by atoms with Gasteiger partial charge in [-0.1, -0.05) is 11.3 Å². The van der Waals surface area contributed by atoms with Gasteiger partial charge in [-0.25, -0.2) is 0 Å². The maximum absolute atomic E-state index is 10.5. The molecule has 0 spiro atoms. The molecule has 1 N–H and O–H groups in total. The lowest BCUT2D eigenvalue weighted by Gasteiger charge is -1.94. The van der Waals surface area contributed by atoms with E-state index in [4.69, 9.17) is 0 Å². The highest BCUT2D eigenvalue weighted by Gasteiger charge is 2.00. The van der Waals surface area contributed by atoms with E-state index in [2.05, 4.69) is 28.1 Å². The smallest absolute Gasteiger partial charge is 0.217 e. The molecule has 1 aromatic rings. The van der Waals surface area contributed by atoms with Gasteiger partial charge < -0.3 is 5.32 Å². The molecule has 1 aromatic heterocycles. The van der Waals surface area contributed by atoms with E-state index in [-0.39, 0.29) is 5.91 Å². The normalized spacial score (nSPS) is 9.64. The quantitative estimate of drug-likeness (QED) is 0.665. The summed E-state index contributed by atoms with van der Waals surface area (Å²) in [5, 5.41) is 10.8. The average molecular weight is 189 g/mol. The van der Waals surface area contributed by atoms with Crippen LogP contribution in [0.4, 0.5) is 0 Å². The fourth-order valence-electron chi connectivity index (χ4n) is 0.516. The number of nitrogens with zero attached hydrogens (tertiary/aromatic N) is 2. The lowest BCUT2D eigenvalue weighted by molar-refractivity contribution is -0.119. The van der Waals surface area contributed by atoms with Crippen LogP contribution < -0.4 is 5.32 Å². The Hall–Kier alpha value is -0.620. The highest BCUT2D eigenvalue weighted by atomic mass is 32.2. The van der Waals surface area contributed by atoms with E-state index < -0.39 is 0 Å². The first-order valence-electron chi connectivity index (χ1n) is 2.94. The van der Waals surface area contributed by atoms with Gasteiger partial charge in [-0.15, -0.1) is 22.8 Å². The summed E-state index contributed by atoms with van der Waals surface area (Å²) in [5.41, 5.74) is 0. The van der Waals surface area contributed by atoms with Crippen LogP contribution in [0.25, 0.3) is 0 Å². The minimum Gasteiger partial charge on any atom is -0.350 e. The summed E-state index contributed by atoms with van der Waals surface area (Å²) in [7, 11) is 0. The van der Waals surface area contributed by atoms with Crippen molar-refractivity contribution in [3.8, 4) is 0 Å². The first-order valence-corrected chi connectivity index (χ1v) is 4.20. The van der Waals surface area contributed by atoms with Crippen LogP contribution in [0, 0.1) is 0 Å². The second-order valence-corrected chi connectivity index (χ2v) is 3.68. The number of hydrogen-bond acceptors (Lipinski definition) is 5. The summed E-state index contributed by atoms with van der Waals surface area (Å²) in [4.78, 5) is 10.5. The zero-order valence-corrected chi connectivity index (χ0v) is 7.58. The molecule has 0 aliphatic carbocycles. The fraction of sp³-hybridized carbons (Fsp3) is 0.400. The van der Waals surface area contributed by atoms with Gasteiger partial charge in [0.15, 0.2) is 4.34 Å². The van der Waals surface area contributed by atoms with Crippen molar-refractivity contribution in [3.63, 3.8) is 0 Å². The fourth-order valence-corrected chi connectivity index (χ4v) is 1.40. The molecule has 6 heteroatoms. The number of thiol groups is 1. The Balaban J connectivity index is 2.45. The third kappa shape index (κ3) is 2.85. The van der Waals surface area contributed by atoms with E-state index in [1.165, 1.54) is 18.3 Å². The summed E-state index contributed by atoms with van der Waals surface area (Å²) in [5.74, 6) is -0.0686. The molecule has 0 fully saturated rings. The highest BCUT2D eigenvalue weighted by molar-refractivity contribution is 7.82. The van der Waals surface area contributed by atoms with E-state index in [0.29, 0.717) is 10.9 Å². The molecular weight excluding hydrogens is 182 g/mol. The molecule has 0 saturated heterocycles. The summed E-state index contributed by atoms with van der Waals surface area (Å²) in [6.07, 6.45) is 0. The molecule has 0 aliphatic heterocycles. The molecule has 1 heterocycles. The molecule has 11 heavy (non-hydrogen) atoms. The first kappa shape index (κ1) is 8.48. The predicted molar refractivity (Wildman–Crippen MR) is 44.7 cm³/mol.